The van der Waals surface area contributed by atoms with Gasteiger partial charge in [0.05, 0.1) is 6.10 Å². The van der Waals surface area contributed by atoms with Crippen molar-refractivity contribution in [2.24, 2.45) is 34.5 Å². The van der Waals surface area contributed by atoms with Crippen molar-refractivity contribution in [1.82, 2.24) is 0 Å². The second-order valence-electron chi connectivity index (χ2n) is 13.4. The van der Waals surface area contributed by atoms with Crippen molar-refractivity contribution in [2.75, 3.05) is 19.8 Å². The highest BCUT2D eigenvalue weighted by molar-refractivity contribution is 5.79. The SMILES string of the molecule is CC(=O)[C@H]1CC[C@H]2[C@@H]3CC=C4C[C@@H](OCCCCCCOC5CCCCO5)CC[C@]4(C)[C@H]3CC[C@]12C. The summed E-state index contributed by atoms with van der Waals surface area (Å²) < 4.78 is 17.9. The lowest BCUT2D eigenvalue weighted by Gasteiger charge is -2.58. The molecular formula is C32H52O4. The maximum Gasteiger partial charge on any atom is 0.157 e. The number of ketones is 1. The van der Waals surface area contributed by atoms with E-state index in [0.29, 0.717) is 23.2 Å². The summed E-state index contributed by atoms with van der Waals surface area (Å²) in [6, 6.07) is 0. The van der Waals surface area contributed by atoms with Crippen molar-refractivity contribution < 1.29 is 19.0 Å². The van der Waals surface area contributed by atoms with Crippen molar-refractivity contribution >= 4 is 5.78 Å². The van der Waals surface area contributed by atoms with Crippen LogP contribution in [0.2, 0.25) is 0 Å². The Hall–Kier alpha value is -0.710. The summed E-state index contributed by atoms with van der Waals surface area (Å²) >= 11 is 0. The molecule has 0 amide bonds. The van der Waals surface area contributed by atoms with E-state index >= 15 is 0 Å². The van der Waals surface area contributed by atoms with E-state index in [1.54, 1.807) is 5.57 Å². The van der Waals surface area contributed by atoms with Gasteiger partial charge in [0.2, 0.25) is 0 Å². The van der Waals surface area contributed by atoms with E-state index in [1.807, 2.05) is 6.92 Å². The predicted molar refractivity (Wildman–Crippen MR) is 144 cm³/mol. The van der Waals surface area contributed by atoms with Crippen LogP contribution in [0.15, 0.2) is 11.6 Å². The van der Waals surface area contributed by atoms with Crippen LogP contribution in [0.25, 0.3) is 0 Å². The highest BCUT2D eigenvalue weighted by Gasteiger charge is 2.59. The molecule has 5 aliphatic rings. The Morgan fingerprint density at radius 1 is 0.944 bits per heavy atom. The summed E-state index contributed by atoms with van der Waals surface area (Å²) in [5, 5.41) is 0. The summed E-state index contributed by atoms with van der Waals surface area (Å²) in [4.78, 5) is 12.4. The van der Waals surface area contributed by atoms with E-state index in [-0.39, 0.29) is 11.7 Å². The van der Waals surface area contributed by atoms with E-state index in [1.165, 1.54) is 64.2 Å². The highest BCUT2D eigenvalue weighted by atomic mass is 16.7. The second-order valence-corrected chi connectivity index (χ2v) is 13.4. The van der Waals surface area contributed by atoms with Crippen molar-refractivity contribution in [1.29, 1.82) is 0 Å². The summed E-state index contributed by atoms with van der Waals surface area (Å²) in [5.41, 5.74) is 2.32. The normalized spacial score (nSPS) is 42.2. The molecule has 0 aromatic rings. The predicted octanol–water partition coefficient (Wildman–Crippen LogP) is 7.64. The number of carbonyl (C=O) groups excluding carboxylic acids is 1. The van der Waals surface area contributed by atoms with Crippen LogP contribution in [0.5, 0.6) is 0 Å². The maximum absolute atomic E-state index is 12.4. The number of carbonyl (C=O) groups is 1. The Bertz CT molecular complexity index is 785. The molecule has 4 aliphatic carbocycles. The van der Waals surface area contributed by atoms with Gasteiger partial charge in [-0.25, -0.2) is 0 Å². The first-order chi connectivity index (χ1) is 17.4. The molecule has 36 heavy (non-hydrogen) atoms. The van der Waals surface area contributed by atoms with Crippen LogP contribution in [0.3, 0.4) is 0 Å². The van der Waals surface area contributed by atoms with E-state index in [2.05, 4.69) is 19.9 Å². The number of Topliss-reactive ketones (excluding diaryl/α,β-unsaturated/α-hetero) is 1. The average molecular weight is 501 g/mol. The first-order valence-electron chi connectivity index (χ1n) is 15.5. The Kier molecular flexibility index (Phi) is 8.64. The minimum Gasteiger partial charge on any atom is -0.378 e. The molecular weight excluding hydrogens is 448 g/mol. The topological polar surface area (TPSA) is 44.8 Å². The summed E-state index contributed by atoms with van der Waals surface area (Å²) in [7, 11) is 0. The third-order valence-corrected chi connectivity index (χ3v) is 11.4. The molecule has 4 fully saturated rings. The molecule has 0 aromatic heterocycles. The monoisotopic (exact) mass is 500 g/mol. The van der Waals surface area contributed by atoms with Gasteiger partial charge in [0.15, 0.2) is 6.29 Å². The fourth-order valence-electron chi connectivity index (χ4n) is 9.30. The Morgan fingerprint density at radius 3 is 2.50 bits per heavy atom. The third kappa shape index (κ3) is 5.38. The van der Waals surface area contributed by atoms with Crippen molar-refractivity contribution in [2.45, 2.75) is 129 Å². The molecule has 0 radical (unpaired) electrons. The third-order valence-electron chi connectivity index (χ3n) is 11.4. The number of hydrogen-bond donors (Lipinski definition) is 0. The van der Waals surface area contributed by atoms with Crippen LogP contribution in [0.4, 0.5) is 0 Å². The van der Waals surface area contributed by atoms with Crippen molar-refractivity contribution in [3.63, 3.8) is 0 Å². The van der Waals surface area contributed by atoms with Crippen LogP contribution < -0.4 is 0 Å². The first kappa shape index (κ1) is 26.9. The lowest BCUT2D eigenvalue weighted by molar-refractivity contribution is -0.162. The minimum atomic E-state index is 0.0530. The molecule has 0 N–H and O–H groups in total. The Morgan fingerprint density at radius 2 is 1.75 bits per heavy atom. The molecule has 5 rings (SSSR count). The largest absolute Gasteiger partial charge is 0.378 e. The Labute approximate surface area is 220 Å². The number of fused-ring (bicyclic) bond motifs is 5. The summed E-state index contributed by atoms with van der Waals surface area (Å²) in [6.07, 6.45) is 21.2. The van der Waals surface area contributed by atoms with Gasteiger partial charge in [-0.3, -0.25) is 4.79 Å². The van der Waals surface area contributed by atoms with Gasteiger partial charge in [-0.15, -0.1) is 0 Å². The molecule has 1 unspecified atom stereocenters. The minimum absolute atomic E-state index is 0.0530. The number of ether oxygens (including phenoxy) is 3. The highest BCUT2D eigenvalue weighted by Crippen LogP contribution is 2.66. The number of allylic oxidation sites excluding steroid dienone is 1. The van der Waals surface area contributed by atoms with Gasteiger partial charge in [0.25, 0.3) is 0 Å². The van der Waals surface area contributed by atoms with Gasteiger partial charge in [0.1, 0.15) is 5.78 Å². The number of unbranched alkanes of at least 4 members (excludes halogenated alkanes) is 3. The molecule has 0 spiro atoms. The van der Waals surface area contributed by atoms with Crippen LogP contribution >= 0.6 is 0 Å². The smallest absolute Gasteiger partial charge is 0.157 e. The Balaban J connectivity index is 1.04. The zero-order valence-corrected chi connectivity index (χ0v) is 23.4. The van der Waals surface area contributed by atoms with E-state index in [4.69, 9.17) is 14.2 Å². The molecule has 8 atom stereocenters. The molecule has 4 nitrogen and oxygen atoms in total. The standard InChI is InChI=1S/C32H52O4/c1-23(33)27-13-14-28-26-12-11-24-22-25(15-17-31(24,2)29(26)16-18-32(27,28)3)34-19-7-4-5-8-20-35-30-10-6-9-21-36-30/h11,25-30H,4-10,12-22H2,1-3H3/t25-,26-,27+,28-,29-,30?,31-,32+/m0/s1. The quantitative estimate of drug-likeness (QED) is 0.228. The van der Waals surface area contributed by atoms with Crippen LogP contribution in [-0.2, 0) is 19.0 Å². The molecule has 3 saturated carbocycles. The van der Waals surface area contributed by atoms with Crippen molar-refractivity contribution in [3.8, 4) is 0 Å². The van der Waals surface area contributed by atoms with E-state index in [0.717, 1.165) is 69.7 Å². The van der Waals surface area contributed by atoms with Crippen LogP contribution in [-0.4, -0.2) is 38.0 Å². The average Bonchev–Trinajstić information content (AvgIpc) is 3.24. The molecule has 1 aliphatic heterocycles. The zero-order chi connectivity index (χ0) is 25.2. The fourth-order valence-corrected chi connectivity index (χ4v) is 9.30. The zero-order valence-electron chi connectivity index (χ0n) is 23.4. The van der Waals surface area contributed by atoms with Gasteiger partial charge < -0.3 is 14.2 Å². The van der Waals surface area contributed by atoms with Crippen molar-refractivity contribution in [3.05, 3.63) is 11.6 Å². The summed E-state index contributed by atoms with van der Waals surface area (Å²) in [6.45, 7) is 9.47. The molecule has 204 valence electrons. The van der Waals surface area contributed by atoms with E-state index in [9.17, 15) is 4.79 Å². The second kappa shape index (κ2) is 11.6. The molecule has 4 heteroatoms. The lowest BCUT2D eigenvalue weighted by Crippen LogP contribution is -2.51. The van der Waals surface area contributed by atoms with Crippen LogP contribution in [0.1, 0.15) is 117 Å². The first-order valence-corrected chi connectivity index (χ1v) is 15.5. The van der Waals surface area contributed by atoms with Crippen LogP contribution in [0, 0.1) is 34.5 Å². The molecule has 1 heterocycles. The number of hydrogen-bond acceptors (Lipinski definition) is 4. The number of rotatable bonds is 10. The molecule has 0 bridgehead atoms. The molecule has 1 saturated heterocycles. The molecule has 0 aromatic carbocycles. The van der Waals surface area contributed by atoms with E-state index < -0.39 is 0 Å². The lowest BCUT2D eigenvalue weighted by atomic mass is 9.47. The maximum atomic E-state index is 12.4. The van der Waals surface area contributed by atoms with Gasteiger partial charge in [-0.05, 0) is 119 Å². The summed E-state index contributed by atoms with van der Waals surface area (Å²) in [5.74, 6) is 3.09. The van der Waals surface area contributed by atoms with Gasteiger partial charge >= 0.3 is 0 Å². The van der Waals surface area contributed by atoms with Gasteiger partial charge in [-0.1, -0.05) is 38.3 Å². The fraction of sp³-hybridized carbons (Fsp3) is 0.906. The van der Waals surface area contributed by atoms with Gasteiger partial charge in [0, 0.05) is 25.7 Å². The van der Waals surface area contributed by atoms with Gasteiger partial charge in [-0.2, -0.15) is 0 Å².